The van der Waals surface area contributed by atoms with E-state index in [1.54, 1.807) is 48.7 Å². The number of benzene rings is 2. The number of fused-ring (bicyclic) bond motifs is 1. The SMILES string of the molecule is COCCCN(CC(=O)N1CCc2sccc2C1c1ccc(C)cc1)C(=O)c1ccccc1OC. The molecule has 0 spiro atoms. The molecule has 4 rings (SSSR count). The maximum Gasteiger partial charge on any atom is 0.258 e. The van der Waals surface area contributed by atoms with E-state index in [-0.39, 0.29) is 24.4 Å². The first-order valence-corrected chi connectivity index (χ1v) is 12.7. The molecule has 2 heterocycles. The summed E-state index contributed by atoms with van der Waals surface area (Å²) in [7, 11) is 3.18. The highest BCUT2D eigenvalue weighted by atomic mass is 32.1. The largest absolute Gasteiger partial charge is 0.496 e. The van der Waals surface area contributed by atoms with Gasteiger partial charge in [-0.15, -0.1) is 11.3 Å². The zero-order valence-electron chi connectivity index (χ0n) is 20.5. The molecule has 184 valence electrons. The van der Waals surface area contributed by atoms with E-state index in [4.69, 9.17) is 9.47 Å². The van der Waals surface area contributed by atoms with E-state index in [1.165, 1.54) is 16.0 Å². The number of carbonyl (C=O) groups is 2. The summed E-state index contributed by atoms with van der Waals surface area (Å²) in [6.07, 6.45) is 1.46. The van der Waals surface area contributed by atoms with Crippen molar-refractivity contribution in [3.63, 3.8) is 0 Å². The standard InChI is InChI=1S/C28H32N2O4S/c1-20-9-11-21(12-10-20)27-23-14-18-35-25(23)13-16-30(27)26(31)19-29(15-6-17-33-2)28(32)22-7-4-5-8-24(22)34-3/h4-5,7-12,14,18,27H,6,13,15-17,19H2,1-3H3. The molecule has 1 aromatic heterocycles. The normalized spacial score (nSPS) is 14.9. The van der Waals surface area contributed by atoms with E-state index in [0.29, 0.717) is 37.4 Å². The number of thiophene rings is 1. The summed E-state index contributed by atoms with van der Waals surface area (Å²) in [4.78, 5) is 32.2. The summed E-state index contributed by atoms with van der Waals surface area (Å²) in [5.74, 6) is 0.222. The second-order valence-electron chi connectivity index (χ2n) is 8.72. The maximum absolute atomic E-state index is 13.8. The quantitative estimate of drug-likeness (QED) is 0.406. The molecule has 0 fully saturated rings. The van der Waals surface area contributed by atoms with Crippen molar-refractivity contribution < 1.29 is 19.1 Å². The molecule has 1 unspecified atom stereocenters. The van der Waals surface area contributed by atoms with Gasteiger partial charge in [-0.3, -0.25) is 9.59 Å². The lowest BCUT2D eigenvalue weighted by Gasteiger charge is -2.37. The number of aryl methyl sites for hydroxylation is 1. The fourth-order valence-corrected chi connectivity index (χ4v) is 5.50. The third-order valence-electron chi connectivity index (χ3n) is 6.41. The lowest BCUT2D eigenvalue weighted by Crippen LogP contribution is -2.47. The monoisotopic (exact) mass is 492 g/mol. The number of hydrogen-bond acceptors (Lipinski definition) is 5. The van der Waals surface area contributed by atoms with E-state index in [1.807, 2.05) is 11.0 Å². The number of amides is 2. The molecule has 0 saturated carbocycles. The molecule has 0 N–H and O–H groups in total. The van der Waals surface area contributed by atoms with Crippen LogP contribution in [0.25, 0.3) is 0 Å². The van der Waals surface area contributed by atoms with E-state index in [9.17, 15) is 9.59 Å². The minimum absolute atomic E-state index is 0.00241. The Hall–Kier alpha value is -3.16. The van der Waals surface area contributed by atoms with Gasteiger partial charge in [0.25, 0.3) is 5.91 Å². The Kier molecular flexibility index (Phi) is 8.21. The van der Waals surface area contributed by atoms with Crippen LogP contribution in [0.4, 0.5) is 0 Å². The van der Waals surface area contributed by atoms with Gasteiger partial charge >= 0.3 is 0 Å². The minimum Gasteiger partial charge on any atom is -0.496 e. The number of rotatable bonds is 9. The highest BCUT2D eigenvalue weighted by Crippen LogP contribution is 2.38. The van der Waals surface area contributed by atoms with E-state index in [2.05, 4.69) is 42.6 Å². The van der Waals surface area contributed by atoms with E-state index < -0.39 is 0 Å². The fraction of sp³-hybridized carbons (Fsp3) is 0.357. The Morgan fingerprint density at radius 3 is 2.60 bits per heavy atom. The van der Waals surface area contributed by atoms with Crippen molar-refractivity contribution in [1.82, 2.24) is 9.80 Å². The average molecular weight is 493 g/mol. The second-order valence-corrected chi connectivity index (χ2v) is 9.72. The summed E-state index contributed by atoms with van der Waals surface area (Å²) in [5.41, 5.74) is 3.90. The number of carbonyl (C=O) groups excluding carboxylic acids is 2. The zero-order valence-corrected chi connectivity index (χ0v) is 21.3. The molecule has 6 nitrogen and oxygen atoms in total. The summed E-state index contributed by atoms with van der Waals surface area (Å²) >= 11 is 1.74. The molecule has 0 saturated heterocycles. The van der Waals surface area contributed by atoms with Crippen LogP contribution in [-0.4, -0.2) is 62.1 Å². The second kappa shape index (κ2) is 11.5. The van der Waals surface area contributed by atoms with Crippen LogP contribution in [0.5, 0.6) is 5.75 Å². The first-order chi connectivity index (χ1) is 17.0. The predicted molar refractivity (Wildman–Crippen MR) is 138 cm³/mol. The molecule has 1 aliphatic rings. The number of para-hydroxylation sites is 1. The molecule has 2 aromatic carbocycles. The van der Waals surface area contributed by atoms with E-state index >= 15 is 0 Å². The van der Waals surface area contributed by atoms with Gasteiger partial charge < -0.3 is 19.3 Å². The Morgan fingerprint density at radius 2 is 1.86 bits per heavy atom. The van der Waals surface area contributed by atoms with Gasteiger partial charge in [-0.2, -0.15) is 0 Å². The van der Waals surface area contributed by atoms with Gasteiger partial charge in [0.15, 0.2) is 0 Å². The zero-order chi connectivity index (χ0) is 24.8. The summed E-state index contributed by atoms with van der Waals surface area (Å²) in [5, 5.41) is 2.10. The molecule has 1 aliphatic heterocycles. The first kappa shape index (κ1) is 24.9. The highest BCUT2D eigenvalue weighted by molar-refractivity contribution is 7.10. The molecule has 35 heavy (non-hydrogen) atoms. The van der Waals surface area contributed by atoms with Crippen LogP contribution >= 0.6 is 11.3 Å². The Bertz CT molecular complexity index is 1160. The van der Waals surface area contributed by atoms with Crippen molar-refractivity contribution in [2.75, 3.05) is 40.5 Å². The summed E-state index contributed by atoms with van der Waals surface area (Å²) in [6, 6.07) is 17.5. The van der Waals surface area contributed by atoms with Crippen molar-refractivity contribution in [3.8, 4) is 5.75 Å². The fourth-order valence-electron chi connectivity index (χ4n) is 4.59. The van der Waals surface area contributed by atoms with Crippen LogP contribution in [-0.2, 0) is 16.0 Å². The molecule has 0 aliphatic carbocycles. The van der Waals surface area contributed by atoms with Crippen LogP contribution in [0, 0.1) is 6.92 Å². The Morgan fingerprint density at radius 1 is 1.09 bits per heavy atom. The molecule has 0 bridgehead atoms. The van der Waals surface area contributed by atoms with Crippen molar-refractivity contribution >= 4 is 23.2 Å². The summed E-state index contributed by atoms with van der Waals surface area (Å²) in [6.45, 7) is 3.62. The maximum atomic E-state index is 13.8. The number of nitrogens with zero attached hydrogens (tertiary/aromatic N) is 2. The Labute approximate surface area is 211 Å². The predicted octanol–water partition coefficient (Wildman–Crippen LogP) is 4.72. The van der Waals surface area contributed by atoms with Gasteiger partial charge in [-0.1, -0.05) is 42.0 Å². The van der Waals surface area contributed by atoms with Gasteiger partial charge in [-0.05, 0) is 54.5 Å². The lowest BCUT2D eigenvalue weighted by molar-refractivity contribution is -0.134. The molecule has 2 amide bonds. The van der Waals surface area contributed by atoms with Crippen molar-refractivity contribution in [2.24, 2.45) is 0 Å². The number of hydrogen-bond donors (Lipinski definition) is 0. The lowest BCUT2D eigenvalue weighted by atomic mass is 9.92. The minimum atomic E-state index is -0.216. The van der Waals surface area contributed by atoms with Crippen LogP contribution < -0.4 is 4.74 Å². The smallest absolute Gasteiger partial charge is 0.258 e. The summed E-state index contributed by atoms with van der Waals surface area (Å²) < 4.78 is 10.6. The Balaban J connectivity index is 1.61. The van der Waals surface area contributed by atoms with Crippen LogP contribution in [0.2, 0.25) is 0 Å². The first-order valence-electron chi connectivity index (χ1n) is 11.9. The van der Waals surface area contributed by atoms with Gasteiger partial charge in [0.1, 0.15) is 12.3 Å². The van der Waals surface area contributed by atoms with Crippen LogP contribution in [0.3, 0.4) is 0 Å². The molecular weight excluding hydrogens is 460 g/mol. The average Bonchev–Trinajstić information content (AvgIpc) is 3.36. The van der Waals surface area contributed by atoms with Gasteiger partial charge in [0, 0.05) is 31.7 Å². The molecule has 1 atom stereocenters. The molecule has 0 radical (unpaired) electrons. The van der Waals surface area contributed by atoms with Gasteiger partial charge in [-0.25, -0.2) is 0 Å². The molecular formula is C28H32N2O4S. The third kappa shape index (κ3) is 5.57. The van der Waals surface area contributed by atoms with E-state index in [0.717, 1.165) is 12.0 Å². The number of ether oxygens (including phenoxy) is 2. The van der Waals surface area contributed by atoms with Gasteiger partial charge in [0.05, 0.1) is 18.7 Å². The van der Waals surface area contributed by atoms with Crippen molar-refractivity contribution in [3.05, 3.63) is 87.1 Å². The van der Waals surface area contributed by atoms with Crippen LogP contribution in [0.1, 0.15) is 44.4 Å². The number of methoxy groups -OCH3 is 2. The third-order valence-corrected chi connectivity index (χ3v) is 7.40. The van der Waals surface area contributed by atoms with Crippen LogP contribution in [0.15, 0.2) is 60.0 Å². The topological polar surface area (TPSA) is 59.1 Å². The van der Waals surface area contributed by atoms with Gasteiger partial charge in [0.2, 0.25) is 5.91 Å². The highest BCUT2D eigenvalue weighted by Gasteiger charge is 2.34. The molecule has 7 heteroatoms. The van der Waals surface area contributed by atoms with Crippen molar-refractivity contribution in [2.45, 2.75) is 25.8 Å². The van der Waals surface area contributed by atoms with Crippen molar-refractivity contribution in [1.29, 1.82) is 0 Å². The molecule has 3 aromatic rings.